The molecular weight excluding hydrogens is 508 g/mol. The van der Waals surface area contributed by atoms with Crippen LogP contribution in [-0.4, -0.2) is 26.2 Å². The van der Waals surface area contributed by atoms with Gasteiger partial charge in [0.25, 0.3) is 0 Å². The molecule has 2 aromatic carbocycles. The fourth-order valence-corrected chi connectivity index (χ4v) is 6.25. The van der Waals surface area contributed by atoms with Gasteiger partial charge < -0.3 is 9.47 Å². The van der Waals surface area contributed by atoms with Gasteiger partial charge >= 0.3 is 11.9 Å². The summed E-state index contributed by atoms with van der Waals surface area (Å²) in [5.41, 5.74) is 2.89. The van der Waals surface area contributed by atoms with Crippen LogP contribution in [-0.2, 0) is 29.9 Å². The highest BCUT2D eigenvalue weighted by Gasteiger charge is 2.43. The first-order chi connectivity index (χ1) is 19.1. The Bertz CT molecular complexity index is 992. The van der Waals surface area contributed by atoms with Crippen LogP contribution in [0.4, 0.5) is 0 Å². The van der Waals surface area contributed by atoms with Gasteiger partial charge in [-0.25, -0.2) is 0 Å². The summed E-state index contributed by atoms with van der Waals surface area (Å²) in [6, 6.07) is 21.3. The van der Waals surface area contributed by atoms with Crippen LogP contribution in [0.1, 0.15) is 119 Å². The normalized spacial score (nSPS) is 28.3. The smallest absolute Gasteiger partial charge is 0.311 e. The first kappa shape index (κ1) is 38.4. The molecule has 0 amide bonds. The number of benzene rings is 2. The van der Waals surface area contributed by atoms with Gasteiger partial charge in [0, 0.05) is 0 Å². The van der Waals surface area contributed by atoms with Crippen LogP contribution in [0.15, 0.2) is 60.7 Å². The van der Waals surface area contributed by atoms with Crippen LogP contribution in [0.3, 0.4) is 0 Å². The summed E-state index contributed by atoms with van der Waals surface area (Å²) in [6.07, 6.45) is 6.94. The molecule has 2 aliphatic rings. The highest BCUT2D eigenvalue weighted by atomic mass is 16.5. The molecule has 0 N–H and O–H groups in total. The molecule has 0 aliphatic heterocycles. The molecule has 4 heteroatoms. The second-order valence-electron chi connectivity index (χ2n) is 11.8. The minimum absolute atomic E-state index is 0. The number of methoxy groups -OCH3 is 2. The van der Waals surface area contributed by atoms with E-state index in [2.05, 4.69) is 75.4 Å². The lowest BCUT2D eigenvalue weighted by molar-refractivity contribution is -0.154. The largest absolute Gasteiger partial charge is 0.469 e. The summed E-state index contributed by atoms with van der Waals surface area (Å²) in [5.74, 6) is 0.360. The Labute approximate surface area is 252 Å². The van der Waals surface area contributed by atoms with Crippen molar-refractivity contribution in [2.45, 2.75) is 119 Å². The van der Waals surface area contributed by atoms with Crippen molar-refractivity contribution in [1.82, 2.24) is 0 Å². The van der Waals surface area contributed by atoms with Gasteiger partial charge in [0.15, 0.2) is 0 Å². The Kier molecular flexibility index (Phi) is 16.9. The van der Waals surface area contributed by atoms with E-state index >= 15 is 0 Å². The Morgan fingerprint density at radius 1 is 0.683 bits per heavy atom. The van der Waals surface area contributed by atoms with Crippen LogP contribution in [0.25, 0.3) is 0 Å². The van der Waals surface area contributed by atoms with Gasteiger partial charge in [-0.2, -0.15) is 0 Å². The zero-order valence-corrected chi connectivity index (χ0v) is 27.0. The number of hydrogen-bond donors (Lipinski definition) is 0. The maximum atomic E-state index is 11.8. The van der Waals surface area contributed by atoms with E-state index in [1.807, 2.05) is 40.7 Å². The Balaban J connectivity index is 0.000000681. The average Bonchev–Trinajstić information content (AvgIpc) is 3.01. The molecule has 3 unspecified atom stereocenters. The van der Waals surface area contributed by atoms with E-state index in [0.717, 1.165) is 44.9 Å². The topological polar surface area (TPSA) is 52.6 Å². The second kappa shape index (κ2) is 18.0. The van der Waals surface area contributed by atoms with Crippen molar-refractivity contribution in [2.24, 2.45) is 17.3 Å². The minimum atomic E-state index is -0.289. The molecule has 2 aromatic rings. The summed E-state index contributed by atoms with van der Waals surface area (Å²) in [4.78, 5) is 23.5. The van der Waals surface area contributed by atoms with Gasteiger partial charge in [-0.15, -0.1) is 0 Å². The minimum Gasteiger partial charge on any atom is -0.469 e. The first-order valence-electron chi connectivity index (χ1n) is 15.3. The molecule has 3 atom stereocenters. The lowest BCUT2D eigenvalue weighted by Gasteiger charge is -2.41. The van der Waals surface area contributed by atoms with Crippen molar-refractivity contribution >= 4 is 11.9 Å². The average molecular weight is 569 g/mol. The monoisotopic (exact) mass is 568 g/mol. The molecule has 2 fully saturated rings. The fourth-order valence-electron chi connectivity index (χ4n) is 6.25. The summed E-state index contributed by atoms with van der Waals surface area (Å²) < 4.78 is 9.82. The van der Waals surface area contributed by atoms with Crippen molar-refractivity contribution in [1.29, 1.82) is 0 Å². The van der Waals surface area contributed by atoms with Gasteiger partial charge in [-0.3, -0.25) is 9.59 Å². The van der Waals surface area contributed by atoms with E-state index < -0.39 is 0 Å². The predicted octanol–water partition coefficient (Wildman–Crippen LogP) is 9.94. The van der Waals surface area contributed by atoms with Crippen LogP contribution in [0, 0.1) is 17.3 Å². The molecule has 0 radical (unpaired) electrons. The molecule has 0 heterocycles. The lowest BCUT2D eigenvalue weighted by Crippen LogP contribution is -2.39. The van der Waals surface area contributed by atoms with Crippen LogP contribution in [0.2, 0.25) is 0 Å². The van der Waals surface area contributed by atoms with Gasteiger partial charge in [0.05, 0.1) is 25.6 Å². The lowest BCUT2D eigenvalue weighted by atomic mass is 9.63. The van der Waals surface area contributed by atoms with Gasteiger partial charge in [0.1, 0.15) is 0 Å². The van der Waals surface area contributed by atoms with E-state index in [0.29, 0.717) is 5.92 Å². The summed E-state index contributed by atoms with van der Waals surface area (Å²) >= 11 is 0. The number of rotatable bonds is 4. The van der Waals surface area contributed by atoms with Crippen molar-refractivity contribution in [3.63, 3.8) is 0 Å². The molecule has 2 aliphatic carbocycles. The maximum Gasteiger partial charge on any atom is 0.311 e. The summed E-state index contributed by atoms with van der Waals surface area (Å²) in [5, 5.41) is 0. The third-order valence-electron chi connectivity index (χ3n) is 9.05. The van der Waals surface area contributed by atoms with Crippen molar-refractivity contribution in [2.75, 3.05) is 14.2 Å². The number of carbonyl (C=O) groups excluding carboxylic acids is 2. The Hall–Kier alpha value is -2.62. The first-order valence-corrected chi connectivity index (χ1v) is 15.3. The second-order valence-corrected chi connectivity index (χ2v) is 11.8. The Morgan fingerprint density at radius 2 is 1.12 bits per heavy atom. The highest BCUT2D eigenvalue weighted by Crippen LogP contribution is 2.47. The molecule has 4 rings (SSSR count). The molecule has 0 aromatic heterocycles. The zero-order valence-electron chi connectivity index (χ0n) is 27.0. The molecule has 4 nitrogen and oxygen atoms in total. The molecular formula is C37H60O4. The van der Waals surface area contributed by atoms with Gasteiger partial charge in [0.2, 0.25) is 0 Å². The molecule has 0 spiro atoms. The number of ether oxygens (including phenoxy) is 2. The van der Waals surface area contributed by atoms with Crippen molar-refractivity contribution < 1.29 is 19.1 Å². The Morgan fingerprint density at radius 3 is 1.51 bits per heavy atom. The quantitative estimate of drug-likeness (QED) is 0.344. The molecule has 232 valence electrons. The maximum absolute atomic E-state index is 11.8. The van der Waals surface area contributed by atoms with Crippen molar-refractivity contribution in [3.05, 3.63) is 71.8 Å². The molecule has 0 bridgehead atoms. The van der Waals surface area contributed by atoms with Crippen LogP contribution in [0.5, 0.6) is 0 Å². The van der Waals surface area contributed by atoms with E-state index in [1.54, 1.807) is 0 Å². The summed E-state index contributed by atoms with van der Waals surface area (Å²) in [7, 11) is 2.97. The standard InChI is InChI=1S/2C16H22O2.2C2H6.CH4/c1-15(13-7-5-4-6-8-13)9-11-16(2,12-10-15)14(17)18-3;1-12-11-16(2,13-7-5-4-6-8-13)10-9-14(12)15(17)18-3;2*1-2;/h4-8H,9-12H2,1-3H3;4-8,12,14H,9-11H2,1-3H3;2*1-2H3;1H4. The third-order valence-corrected chi connectivity index (χ3v) is 9.05. The highest BCUT2D eigenvalue weighted by molar-refractivity contribution is 5.76. The number of esters is 2. The van der Waals surface area contributed by atoms with Gasteiger partial charge in [-0.1, -0.05) is 117 Å². The molecule has 0 saturated heterocycles. The summed E-state index contributed by atoms with van der Waals surface area (Å²) in [6.45, 7) is 16.8. The van der Waals surface area contributed by atoms with E-state index in [1.165, 1.54) is 25.3 Å². The van der Waals surface area contributed by atoms with Crippen LogP contribution >= 0.6 is 0 Å². The fraction of sp³-hybridized carbons (Fsp3) is 0.622. The SMILES string of the molecule is C.CC.CC.COC(=O)C1(C)CCC(C)(c2ccccc2)CC1.COC(=O)C1CCC(C)(c2ccccc2)CC1C. The zero-order chi connectivity index (χ0) is 30.4. The van der Waals surface area contributed by atoms with Gasteiger partial charge in [-0.05, 0) is 79.7 Å². The molecule has 2 saturated carbocycles. The van der Waals surface area contributed by atoms with E-state index in [9.17, 15) is 9.59 Å². The molecule has 41 heavy (non-hydrogen) atoms. The van der Waals surface area contributed by atoms with Crippen molar-refractivity contribution in [3.8, 4) is 0 Å². The van der Waals surface area contributed by atoms with E-state index in [-0.39, 0.29) is 41.5 Å². The number of carbonyl (C=O) groups is 2. The number of hydrogen-bond acceptors (Lipinski definition) is 4. The third kappa shape index (κ3) is 10.0. The van der Waals surface area contributed by atoms with E-state index in [4.69, 9.17) is 9.47 Å². The predicted molar refractivity (Wildman–Crippen MR) is 174 cm³/mol. The van der Waals surface area contributed by atoms with Crippen LogP contribution < -0.4 is 0 Å².